The molecule has 4 saturated carbocycles. The summed E-state index contributed by atoms with van der Waals surface area (Å²) in [5, 5.41) is 0. The van der Waals surface area contributed by atoms with E-state index in [0.29, 0.717) is 16.7 Å². The molecule has 10 unspecified atom stereocenters. The Labute approximate surface area is 271 Å². The average Bonchev–Trinajstić information content (AvgIpc) is 3.27. The van der Waals surface area contributed by atoms with Crippen molar-refractivity contribution in [3.8, 4) is 0 Å². The van der Waals surface area contributed by atoms with E-state index in [9.17, 15) is 4.79 Å². The van der Waals surface area contributed by atoms with E-state index in [0.717, 1.165) is 61.2 Å². The third kappa shape index (κ3) is 7.30. The Bertz CT molecular complexity index is 845. The minimum absolute atomic E-state index is 0.0134. The first-order chi connectivity index (χ1) is 19.5. The van der Waals surface area contributed by atoms with Crippen molar-refractivity contribution in [2.75, 3.05) is 0 Å². The first kappa shape index (κ1) is 34.3. The van der Waals surface area contributed by atoms with Crippen molar-refractivity contribution in [3.05, 3.63) is 0 Å². The van der Waals surface area contributed by atoms with Crippen LogP contribution in [0.3, 0.4) is 0 Å². The molecule has 0 bridgehead atoms. The highest BCUT2D eigenvalue weighted by molar-refractivity contribution is 9.12. The maximum absolute atomic E-state index is 12.8. The van der Waals surface area contributed by atoms with Crippen LogP contribution in [0.25, 0.3) is 0 Å². The highest BCUT2D eigenvalue weighted by atomic mass is 79.9. The van der Waals surface area contributed by atoms with Gasteiger partial charge < -0.3 is 4.74 Å². The molecule has 238 valence electrons. The summed E-state index contributed by atoms with van der Waals surface area (Å²) in [7, 11) is 0. The molecule has 4 fully saturated rings. The van der Waals surface area contributed by atoms with E-state index < -0.39 is 0 Å². The molecular weight excluding hydrogens is 636 g/mol. The fraction of sp³-hybridized carbons (Fsp3) is 0.973. The van der Waals surface area contributed by atoms with Crippen molar-refractivity contribution in [2.45, 2.75) is 179 Å². The van der Waals surface area contributed by atoms with Gasteiger partial charge in [-0.25, -0.2) is 0 Å². The van der Waals surface area contributed by atoms with E-state index in [4.69, 9.17) is 4.74 Å². The fourth-order valence-electron chi connectivity index (χ4n) is 10.7. The Morgan fingerprint density at radius 3 is 2.29 bits per heavy atom. The van der Waals surface area contributed by atoms with Crippen molar-refractivity contribution in [2.24, 2.45) is 46.3 Å². The Hall–Kier alpha value is 0.430. The van der Waals surface area contributed by atoms with Crippen LogP contribution in [-0.4, -0.2) is 21.2 Å². The summed E-state index contributed by atoms with van der Waals surface area (Å²) < 4.78 is 6.18. The Kier molecular flexibility index (Phi) is 12.3. The third-order valence-electron chi connectivity index (χ3n) is 13.2. The van der Waals surface area contributed by atoms with Gasteiger partial charge in [-0.05, 0) is 97.7 Å². The van der Waals surface area contributed by atoms with E-state index >= 15 is 0 Å². The summed E-state index contributed by atoms with van der Waals surface area (Å²) >= 11 is 8.68. The number of fused-ring (bicyclic) bond motifs is 5. The molecule has 0 heterocycles. The summed E-state index contributed by atoms with van der Waals surface area (Å²) in [4.78, 5) is 13.2. The normalized spacial score (nSPS) is 41.0. The second kappa shape index (κ2) is 14.7. The lowest BCUT2D eigenvalue weighted by atomic mass is 9.44. The van der Waals surface area contributed by atoms with Gasteiger partial charge in [-0.1, -0.05) is 131 Å². The number of hydrogen-bond acceptors (Lipinski definition) is 2. The van der Waals surface area contributed by atoms with Gasteiger partial charge in [-0.15, -0.1) is 0 Å². The van der Waals surface area contributed by atoms with E-state index in [1.807, 2.05) is 0 Å². The number of hydrogen-bond donors (Lipinski definition) is 0. The first-order valence-corrected chi connectivity index (χ1v) is 19.7. The zero-order valence-electron chi connectivity index (χ0n) is 27.6. The number of esters is 1. The van der Waals surface area contributed by atoms with E-state index in [2.05, 4.69) is 73.4 Å². The van der Waals surface area contributed by atoms with Gasteiger partial charge in [0.05, 0.1) is 0 Å². The van der Waals surface area contributed by atoms with Crippen LogP contribution in [0, 0.1) is 46.3 Å². The Balaban J connectivity index is 1.34. The SMILES string of the molecule is CCCCCCCCCC(=O)OC1CCC2(C)C3CCC4(C)C(C(C)CCCC(C)C)CCC4C3CC(Br)C2(Br)C1. The molecule has 2 nitrogen and oxygen atoms in total. The predicted octanol–water partition coefficient (Wildman–Crippen LogP) is 12.1. The number of halogens is 2. The molecule has 0 aromatic carbocycles. The van der Waals surface area contributed by atoms with Gasteiger partial charge in [0.2, 0.25) is 0 Å². The van der Waals surface area contributed by atoms with Crippen molar-refractivity contribution in [1.29, 1.82) is 0 Å². The molecule has 0 radical (unpaired) electrons. The molecule has 0 aliphatic heterocycles. The maximum Gasteiger partial charge on any atom is 0.306 e. The van der Waals surface area contributed by atoms with Crippen LogP contribution in [0.5, 0.6) is 0 Å². The lowest BCUT2D eigenvalue weighted by Crippen LogP contribution is -2.64. The quantitative estimate of drug-likeness (QED) is 0.102. The third-order valence-corrected chi connectivity index (χ3v) is 16.7. The van der Waals surface area contributed by atoms with Crippen molar-refractivity contribution in [3.63, 3.8) is 0 Å². The number of rotatable bonds is 14. The summed E-state index contributed by atoms with van der Waals surface area (Å²) in [5.74, 6) is 5.13. The highest BCUT2D eigenvalue weighted by Crippen LogP contribution is 2.71. The van der Waals surface area contributed by atoms with Crippen LogP contribution in [0.15, 0.2) is 0 Å². The maximum atomic E-state index is 12.8. The molecular formula is C37H64Br2O2. The second-order valence-electron chi connectivity index (χ2n) is 16.1. The van der Waals surface area contributed by atoms with Crippen LogP contribution in [0.1, 0.15) is 164 Å². The van der Waals surface area contributed by atoms with Crippen LogP contribution in [0.2, 0.25) is 0 Å². The monoisotopic (exact) mass is 698 g/mol. The van der Waals surface area contributed by atoms with Gasteiger partial charge in [-0.2, -0.15) is 0 Å². The molecule has 4 aliphatic carbocycles. The Morgan fingerprint density at radius 2 is 1.59 bits per heavy atom. The smallest absolute Gasteiger partial charge is 0.306 e. The summed E-state index contributed by atoms with van der Waals surface area (Å²) in [6.07, 6.45) is 23.7. The molecule has 4 aliphatic rings. The molecule has 0 spiro atoms. The van der Waals surface area contributed by atoms with Crippen molar-refractivity contribution < 1.29 is 9.53 Å². The zero-order valence-corrected chi connectivity index (χ0v) is 30.8. The minimum Gasteiger partial charge on any atom is -0.462 e. The largest absolute Gasteiger partial charge is 0.462 e. The highest BCUT2D eigenvalue weighted by Gasteiger charge is 2.67. The van der Waals surface area contributed by atoms with Gasteiger partial charge in [0.25, 0.3) is 0 Å². The topological polar surface area (TPSA) is 26.3 Å². The molecule has 0 aromatic rings. The van der Waals surface area contributed by atoms with E-state index in [1.54, 1.807) is 0 Å². The van der Waals surface area contributed by atoms with Gasteiger partial charge in [0.15, 0.2) is 0 Å². The van der Waals surface area contributed by atoms with Gasteiger partial charge in [0, 0.05) is 22.0 Å². The molecule has 4 heteroatoms. The minimum atomic E-state index is 0.0134. The van der Waals surface area contributed by atoms with Crippen molar-refractivity contribution in [1.82, 2.24) is 0 Å². The molecule has 10 atom stereocenters. The number of carbonyl (C=O) groups excluding carboxylic acids is 1. The second-order valence-corrected chi connectivity index (χ2v) is 18.6. The Morgan fingerprint density at radius 1 is 0.878 bits per heavy atom. The lowest BCUT2D eigenvalue weighted by molar-refractivity contribution is -0.158. The van der Waals surface area contributed by atoms with Gasteiger partial charge in [0.1, 0.15) is 6.10 Å². The predicted molar refractivity (Wildman–Crippen MR) is 182 cm³/mol. The molecule has 0 N–H and O–H groups in total. The van der Waals surface area contributed by atoms with Gasteiger partial charge >= 0.3 is 5.97 Å². The van der Waals surface area contributed by atoms with Crippen molar-refractivity contribution >= 4 is 37.8 Å². The van der Waals surface area contributed by atoms with E-state index in [-0.39, 0.29) is 21.8 Å². The number of ether oxygens (including phenoxy) is 1. The summed E-state index contributed by atoms with van der Waals surface area (Å²) in [6.45, 7) is 14.9. The average molecular weight is 701 g/mol. The lowest BCUT2D eigenvalue weighted by Gasteiger charge is -2.66. The number of unbranched alkanes of at least 4 members (excludes halogenated alkanes) is 6. The van der Waals surface area contributed by atoms with Crippen LogP contribution >= 0.6 is 31.9 Å². The molecule has 4 rings (SSSR count). The molecule has 41 heavy (non-hydrogen) atoms. The van der Waals surface area contributed by atoms with Crippen LogP contribution in [0.4, 0.5) is 0 Å². The number of carbonyl (C=O) groups is 1. The molecule has 0 aromatic heterocycles. The summed E-state index contributed by atoms with van der Waals surface area (Å²) in [5.41, 5.74) is 0.782. The first-order valence-electron chi connectivity index (χ1n) is 18.0. The van der Waals surface area contributed by atoms with Crippen LogP contribution < -0.4 is 0 Å². The fourth-order valence-corrected chi connectivity index (χ4v) is 12.9. The molecule has 0 saturated heterocycles. The van der Waals surface area contributed by atoms with Gasteiger partial charge in [-0.3, -0.25) is 4.79 Å². The summed E-state index contributed by atoms with van der Waals surface area (Å²) in [6, 6.07) is 0. The molecule has 0 amide bonds. The number of alkyl halides is 2. The van der Waals surface area contributed by atoms with E-state index in [1.165, 1.54) is 89.9 Å². The zero-order chi connectivity index (χ0) is 29.8. The standard InChI is InChI=1S/C37H64Br2O2/c1-7-8-9-10-11-12-13-17-34(40)41-28-20-23-36(6)32-21-22-35(5)30(27(4)16-14-15-26(2)3)18-19-31(35)29(32)24-33(38)37(36,39)25-28/h26-33H,7-25H2,1-6H3. The van der Waals surface area contributed by atoms with Crippen LogP contribution in [-0.2, 0) is 9.53 Å².